The highest BCUT2D eigenvalue weighted by Gasteiger charge is 2.58. The smallest absolute Gasteiger partial charge is 0.228 e. The molecule has 152 valence electrons. The Morgan fingerprint density at radius 2 is 1.58 bits per heavy atom. The second-order valence-electron chi connectivity index (χ2n) is 8.97. The zero-order chi connectivity index (χ0) is 21.2. The fourth-order valence-corrected chi connectivity index (χ4v) is 5.17. The minimum absolute atomic E-state index is 0.297. The van der Waals surface area contributed by atoms with E-state index in [4.69, 9.17) is 9.73 Å². The third kappa shape index (κ3) is 2.37. The van der Waals surface area contributed by atoms with Crippen LogP contribution in [0.3, 0.4) is 0 Å². The van der Waals surface area contributed by atoms with Crippen LogP contribution in [0.5, 0.6) is 5.75 Å². The molecule has 2 aliphatic rings. The molecule has 31 heavy (non-hydrogen) atoms. The highest BCUT2D eigenvalue weighted by Crippen LogP contribution is 2.54. The van der Waals surface area contributed by atoms with E-state index >= 15 is 0 Å². The van der Waals surface area contributed by atoms with Crippen LogP contribution in [0.1, 0.15) is 19.4 Å². The Morgan fingerprint density at radius 3 is 2.42 bits per heavy atom. The standard InChI is InChI=1S/C28H24N2O/c1-27(2)23-17-21(19-9-5-4-6-10-19)13-15-24(23)30(3)28(27)18-29-26-22-12-8-7-11-20(22)14-16-25(26)31-28/h4-18H,1-3H3. The minimum atomic E-state index is -0.680. The Kier molecular flexibility index (Phi) is 3.64. The van der Waals surface area contributed by atoms with Gasteiger partial charge in [0.05, 0.1) is 11.6 Å². The van der Waals surface area contributed by atoms with Gasteiger partial charge in [-0.15, -0.1) is 0 Å². The van der Waals surface area contributed by atoms with Gasteiger partial charge >= 0.3 is 0 Å². The minimum Gasteiger partial charge on any atom is -0.459 e. The molecule has 3 nitrogen and oxygen atoms in total. The first-order valence-corrected chi connectivity index (χ1v) is 10.7. The van der Waals surface area contributed by atoms with Gasteiger partial charge in [0.1, 0.15) is 11.4 Å². The molecular formula is C28H24N2O. The number of nitrogens with zero attached hydrogens (tertiary/aromatic N) is 2. The van der Waals surface area contributed by atoms with E-state index in [1.54, 1.807) is 0 Å². The van der Waals surface area contributed by atoms with E-state index in [2.05, 4.69) is 111 Å². The molecule has 0 bridgehead atoms. The molecule has 1 unspecified atom stereocenters. The molecule has 4 aromatic rings. The van der Waals surface area contributed by atoms with Gasteiger partial charge in [0.2, 0.25) is 5.72 Å². The average molecular weight is 405 g/mol. The van der Waals surface area contributed by atoms with Gasteiger partial charge in [-0.1, -0.05) is 66.7 Å². The predicted octanol–water partition coefficient (Wildman–Crippen LogP) is 6.73. The van der Waals surface area contributed by atoms with Crippen molar-refractivity contribution >= 4 is 28.4 Å². The maximum atomic E-state index is 6.82. The summed E-state index contributed by atoms with van der Waals surface area (Å²) < 4.78 is 6.82. The topological polar surface area (TPSA) is 24.8 Å². The zero-order valence-corrected chi connectivity index (χ0v) is 18.0. The van der Waals surface area contributed by atoms with Crippen LogP contribution in [-0.2, 0) is 5.41 Å². The fraction of sp³-hybridized carbons (Fsp3) is 0.179. The lowest BCUT2D eigenvalue weighted by molar-refractivity contribution is 0.0827. The lowest BCUT2D eigenvalue weighted by atomic mass is 9.77. The number of anilines is 1. The van der Waals surface area contributed by atoms with Crippen molar-refractivity contribution in [2.45, 2.75) is 25.0 Å². The summed E-state index contributed by atoms with van der Waals surface area (Å²) in [5.41, 5.74) is 4.83. The van der Waals surface area contributed by atoms with Crippen molar-refractivity contribution in [3.63, 3.8) is 0 Å². The molecule has 0 saturated carbocycles. The first-order valence-electron chi connectivity index (χ1n) is 10.7. The van der Waals surface area contributed by atoms with Crippen molar-refractivity contribution in [3.05, 3.63) is 90.5 Å². The molecule has 0 fully saturated rings. The first kappa shape index (κ1) is 18.2. The van der Waals surface area contributed by atoms with E-state index in [1.807, 2.05) is 6.21 Å². The van der Waals surface area contributed by atoms with Crippen LogP contribution in [0.2, 0.25) is 0 Å². The van der Waals surface area contributed by atoms with E-state index in [-0.39, 0.29) is 5.41 Å². The van der Waals surface area contributed by atoms with Gasteiger partial charge in [0, 0.05) is 18.1 Å². The molecule has 0 N–H and O–H groups in total. The van der Waals surface area contributed by atoms with Crippen molar-refractivity contribution in [2.75, 3.05) is 11.9 Å². The summed E-state index contributed by atoms with van der Waals surface area (Å²) in [5, 5.41) is 2.29. The number of likely N-dealkylation sites (N-methyl/N-ethyl adjacent to an activating group) is 1. The molecule has 0 saturated heterocycles. The Hall–Kier alpha value is -3.59. The van der Waals surface area contributed by atoms with Gasteiger partial charge < -0.3 is 9.64 Å². The number of rotatable bonds is 1. The van der Waals surface area contributed by atoms with Gasteiger partial charge in [-0.2, -0.15) is 0 Å². The van der Waals surface area contributed by atoms with Gasteiger partial charge in [-0.25, -0.2) is 0 Å². The number of ether oxygens (including phenoxy) is 1. The van der Waals surface area contributed by atoms with E-state index < -0.39 is 5.72 Å². The lowest BCUT2D eigenvalue weighted by Gasteiger charge is -2.45. The third-order valence-corrected chi connectivity index (χ3v) is 7.03. The zero-order valence-electron chi connectivity index (χ0n) is 18.0. The molecule has 4 aromatic carbocycles. The van der Waals surface area contributed by atoms with Gasteiger partial charge in [-0.05, 0) is 54.1 Å². The quantitative estimate of drug-likeness (QED) is 0.351. The molecule has 2 heterocycles. The van der Waals surface area contributed by atoms with Gasteiger partial charge in [0.15, 0.2) is 0 Å². The molecule has 0 aliphatic carbocycles. The van der Waals surface area contributed by atoms with Crippen molar-refractivity contribution in [1.29, 1.82) is 0 Å². The SMILES string of the molecule is CN1c2ccc(-c3ccccc3)cc2C(C)(C)C12C=Nc1c(ccc3ccccc13)O2. The number of aliphatic imine (C=N–C) groups is 1. The summed E-state index contributed by atoms with van der Waals surface area (Å²) in [6.45, 7) is 4.50. The molecule has 3 heteroatoms. The molecule has 1 spiro atoms. The van der Waals surface area contributed by atoms with Crippen molar-refractivity contribution in [3.8, 4) is 16.9 Å². The fourth-order valence-electron chi connectivity index (χ4n) is 5.17. The maximum absolute atomic E-state index is 6.82. The summed E-state index contributed by atoms with van der Waals surface area (Å²) >= 11 is 0. The summed E-state index contributed by atoms with van der Waals surface area (Å²) in [4.78, 5) is 7.21. The van der Waals surface area contributed by atoms with Crippen molar-refractivity contribution < 1.29 is 4.74 Å². The summed E-state index contributed by atoms with van der Waals surface area (Å²) in [7, 11) is 2.10. The molecule has 0 radical (unpaired) electrons. The number of benzene rings is 4. The van der Waals surface area contributed by atoms with Crippen LogP contribution in [0.4, 0.5) is 11.4 Å². The molecule has 1 atom stereocenters. The first-order chi connectivity index (χ1) is 15.0. The van der Waals surface area contributed by atoms with Crippen LogP contribution in [0.15, 0.2) is 89.9 Å². The third-order valence-electron chi connectivity index (χ3n) is 7.03. The highest BCUT2D eigenvalue weighted by molar-refractivity contribution is 6.00. The van der Waals surface area contributed by atoms with Crippen molar-refractivity contribution in [2.24, 2.45) is 4.99 Å². The predicted molar refractivity (Wildman–Crippen MR) is 129 cm³/mol. The molecule has 0 amide bonds. The molecule has 2 aliphatic heterocycles. The van der Waals surface area contributed by atoms with Gasteiger partial charge in [0.25, 0.3) is 0 Å². The number of hydrogen-bond acceptors (Lipinski definition) is 3. The Morgan fingerprint density at radius 1 is 0.806 bits per heavy atom. The van der Waals surface area contributed by atoms with Crippen LogP contribution < -0.4 is 9.64 Å². The number of fused-ring (bicyclic) bond motifs is 4. The second kappa shape index (κ2) is 6.21. The lowest BCUT2D eigenvalue weighted by Crippen LogP contribution is -2.61. The Balaban J connectivity index is 1.49. The normalized spacial score (nSPS) is 20.5. The van der Waals surface area contributed by atoms with Crippen LogP contribution in [0, 0.1) is 0 Å². The highest BCUT2D eigenvalue weighted by atomic mass is 16.5. The number of hydrogen-bond donors (Lipinski definition) is 0. The van der Waals surface area contributed by atoms with Crippen molar-refractivity contribution in [1.82, 2.24) is 0 Å². The average Bonchev–Trinajstić information content (AvgIpc) is 2.97. The molecular weight excluding hydrogens is 380 g/mol. The second-order valence-corrected chi connectivity index (χ2v) is 8.97. The monoisotopic (exact) mass is 404 g/mol. The Labute approximate surface area is 182 Å². The summed E-state index contributed by atoms with van der Waals surface area (Å²) in [6, 6.07) is 29.7. The van der Waals surface area contributed by atoms with Crippen LogP contribution >= 0.6 is 0 Å². The Bertz CT molecular complexity index is 1360. The summed E-state index contributed by atoms with van der Waals surface area (Å²) in [6.07, 6.45) is 2.00. The summed E-state index contributed by atoms with van der Waals surface area (Å²) in [5.74, 6) is 0.831. The molecule has 0 aromatic heterocycles. The van der Waals surface area contributed by atoms with Gasteiger partial charge in [-0.3, -0.25) is 4.99 Å². The van der Waals surface area contributed by atoms with Crippen LogP contribution in [-0.4, -0.2) is 19.0 Å². The molecule has 6 rings (SSSR count). The van der Waals surface area contributed by atoms with Crippen LogP contribution in [0.25, 0.3) is 21.9 Å². The largest absolute Gasteiger partial charge is 0.459 e. The maximum Gasteiger partial charge on any atom is 0.228 e. The van der Waals surface area contributed by atoms with E-state index in [1.165, 1.54) is 27.8 Å². The van der Waals surface area contributed by atoms with E-state index in [0.717, 1.165) is 16.8 Å². The van der Waals surface area contributed by atoms with E-state index in [0.29, 0.717) is 0 Å². The van der Waals surface area contributed by atoms with E-state index in [9.17, 15) is 0 Å².